The summed E-state index contributed by atoms with van der Waals surface area (Å²) in [5, 5.41) is 0. The highest BCUT2D eigenvalue weighted by Crippen LogP contribution is 2.33. The maximum Gasteiger partial charge on any atom is 0.500 e. The third kappa shape index (κ3) is 4.84. The van der Waals surface area contributed by atoms with Gasteiger partial charge in [0.1, 0.15) is 5.75 Å². The van der Waals surface area contributed by atoms with E-state index < -0.39 is 17.4 Å². The molecule has 0 N–H and O–H groups in total. The molecular formula is C16H28O5SSi2. The number of rotatable bonds is 9. The second-order valence-corrected chi connectivity index (χ2v) is 12.9. The van der Waals surface area contributed by atoms with Gasteiger partial charge in [0.2, 0.25) is 0 Å². The van der Waals surface area contributed by atoms with Crippen molar-refractivity contribution in [3.05, 3.63) is 29.3 Å². The van der Waals surface area contributed by atoms with Gasteiger partial charge in [0.25, 0.3) is 0 Å². The highest BCUT2D eigenvalue weighted by Gasteiger charge is 2.38. The minimum atomic E-state index is -2.54. The molecule has 0 aliphatic carbocycles. The molecule has 0 fully saturated rings. The molecule has 5 nitrogen and oxygen atoms in total. The Morgan fingerprint density at radius 2 is 1.92 bits per heavy atom. The molecule has 0 saturated heterocycles. The van der Waals surface area contributed by atoms with E-state index in [9.17, 15) is 0 Å². The second kappa shape index (κ2) is 8.84. The Labute approximate surface area is 152 Å². The van der Waals surface area contributed by atoms with Crippen molar-refractivity contribution in [2.24, 2.45) is 0 Å². The van der Waals surface area contributed by atoms with Crippen molar-refractivity contribution in [2.45, 2.75) is 38.1 Å². The first kappa shape index (κ1) is 20.0. The Morgan fingerprint density at radius 1 is 1.21 bits per heavy atom. The Balaban J connectivity index is 2.03. The first-order chi connectivity index (χ1) is 11.5. The zero-order valence-electron chi connectivity index (χ0n) is 15.0. The Bertz CT molecular complexity index is 533. The Morgan fingerprint density at radius 3 is 2.54 bits per heavy atom. The van der Waals surface area contributed by atoms with E-state index in [0.29, 0.717) is 6.61 Å². The third-order valence-electron chi connectivity index (χ3n) is 4.43. The lowest BCUT2D eigenvalue weighted by Crippen LogP contribution is -2.44. The van der Waals surface area contributed by atoms with Gasteiger partial charge >= 0.3 is 17.4 Å². The van der Waals surface area contributed by atoms with Gasteiger partial charge < -0.3 is 22.1 Å². The minimum absolute atomic E-state index is 0.625. The van der Waals surface area contributed by atoms with Crippen LogP contribution in [0.15, 0.2) is 18.2 Å². The molecule has 1 aliphatic rings. The Hall–Kier alpha value is -0.356. The number of benzene rings is 1. The maximum atomic E-state index is 6.20. The van der Waals surface area contributed by atoms with Crippen LogP contribution in [-0.4, -0.2) is 44.4 Å². The molecule has 1 aliphatic heterocycles. The monoisotopic (exact) mass is 388 g/mol. The molecule has 0 radical (unpaired) electrons. The predicted molar refractivity (Wildman–Crippen MR) is 102 cm³/mol. The van der Waals surface area contributed by atoms with Gasteiger partial charge in [-0.05, 0) is 42.8 Å². The van der Waals surface area contributed by atoms with E-state index in [1.807, 2.05) is 0 Å². The summed E-state index contributed by atoms with van der Waals surface area (Å²) in [5.41, 5.74) is 2.33. The first-order valence-corrected chi connectivity index (χ1v) is 13.3. The molecule has 2 rings (SSSR count). The molecular weight excluding hydrogens is 360 g/mol. The molecule has 0 saturated carbocycles. The number of hydrogen-bond acceptors (Lipinski definition) is 6. The molecule has 0 aromatic heterocycles. The normalized spacial score (nSPS) is 20.5. The summed E-state index contributed by atoms with van der Waals surface area (Å²) in [4.78, 5) is 0. The average Bonchev–Trinajstić information content (AvgIpc) is 2.62. The van der Waals surface area contributed by atoms with Gasteiger partial charge in [-0.1, -0.05) is 6.07 Å². The van der Waals surface area contributed by atoms with Crippen molar-refractivity contribution in [3.63, 3.8) is 0 Å². The number of aryl methyl sites for hydroxylation is 1. The topological polar surface area (TPSA) is 46.2 Å². The zero-order chi connectivity index (χ0) is 17.6. The molecule has 24 heavy (non-hydrogen) atoms. The van der Waals surface area contributed by atoms with Gasteiger partial charge in [-0.15, -0.1) is 0 Å². The van der Waals surface area contributed by atoms with E-state index in [-0.39, 0.29) is 0 Å². The van der Waals surface area contributed by atoms with Crippen molar-refractivity contribution >= 4 is 30.0 Å². The molecule has 1 atom stereocenters. The van der Waals surface area contributed by atoms with Gasteiger partial charge in [-0.25, -0.2) is 0 Å². The largest absolute Gasteiger partial charge is 0.520 e. The van der Waals surface area contributed by atoms with E-state index in [0.717, 1.165) is 42.0 Å². The average molecular weight is 389 g/mol. The SMILES string of the molecule is CO[Si](CCc1ccc2c(c1)CO[Si](C)(CCCS)O2)(OC)OC. The fraction of sp³-hybridized carbons (Fsp3) is 0.625. The van der Waals surface area contributed by atoms with Crippen LogP contribution in [0.1, 0.15) is 17.5 Å². The molecule has 0 amide bonds. The lowest BCUT2D eigenvalue weighted by Gasteiger charge is -2.33. The van der Waals surface area contributed by atoms with Gasteiger partial charge in [-0.3, -0.25) is 0 Å². The fourth-order valence-electron chi connectivity index (χ4n) is 2.87. The highest BCUT2D eigenvalue weighted by molar-refractivity contribution is 7.80. The molecule has 1 heterocycles. The van der Waals surface area contributed by atoms with Crippen LogP contribution in [0.3, 0.4) is 0 Å². The maximum absolute atomic E-state index is 6.20. The lowest BCUT2D eigenvalue weighted by atomic mass is 10.1. The summed E-state index contributed by atoms with van der Waals surface area (Å²) in [7, 11) is 0.298. The van der Waals surface area contributed by atoms with Crippen LogP contribution in [0, 0.1) is 0 Å². The molecule has 0 spiro atoms. The van der Waals surface area contributed by atoms with Crippen molar-refractivity contribution in [1.82, 2.24) is 0 Å². The molecule has 1 unspecified atom stereocenters. The van der Waals surface area contributed by atoms with Crippen molar-refractivity contribution in [3.8, 4) is 5.75 Å². The zero-order valence-corrected chi connectivity index (χ0v) is 17.9. The molecule has 1 aromatic rings. The number of fused-ring (bicyclic) bond motifs is 1. The highest BCUT2D eigenvalue weighted by atomic mass is 32.1. The van der Waals surface area contributed by atoms with Crippen LogP contribution in [-0.2, 0) is 30.7 Å². The number of hydrogen-bond donors (Lipinski definition) is 1. The van der Waals surface area contributed by atoms with Crippen LogP contribution >= 0.6 is 12.6 Å². The van der Waals surface area contributed by atoms with Crippen molar-refractivity contribution < 1.29 is 22.1 Å². The van der Waals surface area contributed by atoms with Gasteiger partial charge in [0, 0.05) is 39.0 Å². The molecule has 136 valence electrons. The standard InChI is InChI=1S/C16H28O5SSi2/c1-17-24(18-2,19-3)11-8-14-6-7-16-15(12-14)13-20-23(4,21-16)10-5-9-22/h6-7,12,22H,5,8-11,13H2,1-4H3. The van der Waals surface area contributed by atoms with E-state index >= 15 is 0 Å². The van der Waals surface area contributed by atoms with Crippen LogP contribution in [0.25, 0.3) is 0 Å². The smallest absolute Gasteiger partial charge is 0.500 e. The second-order valence-electron chi connectivity index (χ2n) is 6.09. The summed E-state index contributed by atoms with van der Waals surface area (Å²) in [6, 6.07) is 8.04. The van der Waals surface area contributed by atoms with Crippen molar-refractivity contribution in [2.75, 3.05) is 27.1 Å². The third-order valence-corrected chi connectivity index (χ3v) is 10.1. The van der Waals surface area contributed by atoms with E-state index in [1.54, 1.807) is 21.3 Å². The first-order valence-electron chi connectivity index (χ1n) is 8.21. The van der Waals surface area contributed by atoms with E-state index in [2.05, 4.69) is 37.4 Å². The van der Waals surface area contributed by atoms with Crippen LogP contribution in [0.4, 0.5) is 0 Å². The predicted octanol–water partition coefficient (Wildman–Crippen LogP) is 3.41. The summed E-state index contributed by atoms with van der Waals surface area (Å²) in [6.07, 6.45) is 1.86. The van der Waals surface area contributed by atoms with Gasteiger partial charge in [0.05, 0.1) is 6.61 Å². The van der Waals surface area contributed by atoms with Crippen molar-refractivity contribution in [1.29, 1.82) is 0 Å². The van der Waals surface area contributed by atoms with Crippen LogP contribution in [0.2, 0.25) is 18.6 Å². The Kier molecular flexibility index (Phi) is 7.35. The summed E-state index contributed by atoms with van der Waals surface area (Å²) in [6.45, 7) is 2.75. The number of thiol groups is 1. The van der Waals surface area contributed by atoms with Gasteiger partial charge in [-0.2, -0.15) is 12.6 Å². The minimum Gasteiger partial charge on any atom is -0.520 e. The summed E-state index contributed by atoms with van der Waals surface area (Å²) in [5.74, 6) is 1.83. The molecule has 1 aromatic carbocycles. The van der Waals surface area contributed by atoms with E-state index in [4.69, 9.17) is 22.1 Å². The van der Waals surface area contributed by atoms with Crippen LogP contribution < -0.4 is 4.43 Å². The summed E-state index contributed by atoms with van der Waals surface area (Å²) < 4.78 is 28.7. The summed E-state index contributed by atoms with van der Waals surface area (Å²) >= 11 is 4.28. The van der Waals surface area contributed by atoms with Gasteiger partial charge in [0.15, 0.2) is 0 Å². The van der Waals surface area contributed by atoms with E-state index in [1.165, 1.54) is 5.56 Å². The lowest BCUT2D eigenvalue weighted by molar-refractivity contribution is 0.123. The van der Waals surface area contributed by atoms with Crippen LogP contribution in [0.5, 0.6) is 5.75 Å². The molecule has 8 heteroatoms. The molecule has 0 bridgehead atoms. The quantitative estimate of drug-likeness (QED) is 0.519. The fourth-order valence-corrected chi connectivity index (χ4v) is 7.28.